The molecule has 2 saturated heterocycles. The van der Waals surface area contributed by atoms with Gasteiger partial charge in [-0.2, -0.15) is 0 Å². The van der Waals surface area contributed by atoms with E-state index in [9.17, 15) is 15.2 Å². The van der Waals surface area contributed by atoms with Crippen molar-refractivity contribution in [1.82, 2.24) is 15.0 Å². The van der Waals surface area contributed by atoms with Crippen molar-refractivity contribution in [2.75, 3.05) is 26.2 Å². The van der Waals surface area contributed by atoms with Crippen molar-refractivity contribution < 1.29 is 14.7 Å². The molecule has 7 nitrogen and oxygen atoms in total. The van der Waals surface area contributed by atoms with Gasteiger partial charge in [-0.1, -0.05) is 6.92 Å². The van der Waals surface area contributed by atoms with Crippen LogP contribution in [-0.4, -0.2) is 76.6 Å². The number of hydroxylamine groups is 2. The molecule has 0 aromatic carbocycles. The summed E-state index contributed by atoms with van der Waals surface area (Å²) in [5.41, 5.74) is 0. The number of hydrogen-bond donors (Lipinski definition) is 1. The van der Waals surface area contributed by atoms with Crippen LogP contribution in [0.4, 0.5) is 0 Å². The molecular formula is C19H34N3O4-. The largest absolute Gasteiger partial charge is 0.762 e. The number of ether oxygens (including phenoxy) is 1. The van der Waals surface area contributed by atoms with E-state index in [1.165, 1.54) is 12.8 Å². The zero-order valence-electron chi connectivity index (χ0n) is 16.3. The highest BCUT2D eigenvalue weighted by molar-refractivity contribution is 5.83. The maximum atomic E-state index is 13.0. The molecule has 3 aliphatic rings. The van der Waals surface area contributed by atoms with Crippen molar-refractivity contribution in [2.24, 2.45) is 11.8 Å². The van der Waals surface area contributed by atoms with Crippen LogP contribution in [0.5, 0.6) is 0 Å². The Morgan fingerprint density at radius 1 is 1.31 bits per heavy atom. The van der Waals surface area contributed by atoms with Crippen molar-refractivity contribution >= 4 is 5.78 Å². The molecule has 0 spiro atoms. The lowest BCUT2D eigenvalue weighted by Crippen LogP contribution is -2.51. The number of hydrogen-bond acceptors (Lipinski definition) is 7. The predicted molar refractivity (Wildman–Crippen MR) is 98.5 cm³/mol. The Morgan fingerprint density at radius 3 is 2.77 bits per heavy atom. The Morgan fingerprint density at radius 2 is 2.08 bits per heavy atom. The minimum atomic E-state index is -0.640. The summed E-state index contributed by atoms with van der Waals surface area (Å²) in [7, 11) is 0. The van der Waals surface area contributed by atoms with E-state index >= 15 is 0 Å². The maximum absolute atomic E-state index is 13.0. The monoisotopic (exact) mass is 368 g/mol. The smallest absolute Gasteiger partial charge is 0.150 e. The molecule has 150 valence electrons. The fraction of sp³-hybridized carbons (Fsp3) is 0.947. The number of fused-ring (bicyclic) bond motifs is 1. The molecular weight excluding hydrogens is 334 g/mol. The Balaban J connectivity index is 1.62. The molecule has 1 saturated carbocycles. The van der Waals surface area contributed by atoms with Crippen LogP contribution < -0.4 is 0 Å². The molecule has 1 aliphatic carbocycles. The summed E-state index contributed by atoms with van der Waals surface area (Å²) < 4.78 is 5.59. The van der Waals surface area contributed by atoms with Crippen LogP contribution >= 0.6 is 0 Å². The first kappa shape index (κ1) is 20.2. The average Bonchev–Trinajstić information content (AvgIpc) is 2.92. The highest BCUT2D eigenvalue weighted by Gasteiger charge is 2.43. The van der Waals surface area contributed by atoms with Crippen molar-refractivity contribution in [3.05, 3.63) is 5.21 Å². The van der Waals surface area contributed by atoms with E-state index in [4.69, 9.17) is 4.74 Å². The molecule has 7 heteroatoms. The highest BCUT2D eigenvalue weighted by atomic mass is 16.8. The van der Waals surface area contributed by atoms with Crippen molar-refractivity contribution in [2.45, 2.75) is 77.2 Å². The number of nitrogens with zero attached hydrogens (tertiary/aromatic N) is 3. The van der Waals surface area contributed by atoms with Crippen LogP contribution in [0.1, 0.15) is 52.9 Å². The number of carbonyl (C=O) groups excluding carboxylic acids is 1. The second kappa shape index (κ2) is 8.63. The van der Waals surface area contributed by atoms with Crippen LogP contribution in [-0.2, 0) is 9.53 Å². The molecule has 2 aliphatic heterocycles. The molecule has 6 unspecified atom stereocenters. The lowest BCUT2D eigenvalue weighted by molar-refractivity contribution is -0.152. The van der Waals surface area contributed by atoms with Crippen molar-refractivity contribution in [3.63, 3.8) is 0 Å². The van der Waals surface area contributed by atoms with Crippen LogP contribution in [0.25, 0.3) is 0 Å². The lowest BCUT2D eigenvalue weighted by Gasteiger charge is -2.43. The van der Waals surface area contributed by atoms with E-state index in [0.29, 0.717) is 44.1 Å². The highest BCUT2D eigenvalue weighted by Crippen LogP contribution is 2.34. The second-order valence-corrected chi connectivity index (χ2v) is 8.39. The molecule has 26 heavy (non-hydrogen) atoms. The molecule has 0 aromatic rings. The predicted octanol–water partition coefficient (Wildman–Crippen LogP) is 2.08. The fourth-order valence-electron chi connectivity index (χ4n) is 5.31. The van der Waals surface area contributed by atoms with Gasteiger partial charge in [-0.3, -0.25) is 19.8 Å². The minimum absolute atomic E-state index is 0.00317. The maximum Gasteiger partial charge on any atom is 0.150 e. The van der Waals surface area contributed by atoms with Gasteiger partial charge in [0, 0.05) is 31.2 Å². The van der Waals surface area contributed by atoms with E-state index in [1.807, 2.05) is 6.92 Å². The first-order chi connectivity index (χ1) is 12.4. The molecule has 0 bridgehead atoms. The summed E-state index contributed by atoms with van der Waals surface area (Å²) in [6, 6.07) is -0.257. The number of ketones is 1. The normalized spacial score (nSPS) is 39.3. The van der Waals surface area contributed by atoms with Gasteiger partial charge >= 0.3 is 0 Å². The van der Waals surface area contributed by atoms with Gasteiger partial charge in [0.25, 0.3) is 0 Å². The van der Waals surface area contributed by atoms with Gasteiger partial charge in [0.1, 0.15) is 5.78 Å². The van der Waals surface area contributed by atoms with E-state index in [1.54, 1.807) is 0 Å². The zero-order chi connectivity index (χ0) is 18.8. The van der Waals surface area contributed by atoms with Gasteiger partial charge in [-0.15, -0.1) is 0 Å². The Hall–Kier alpha value is -0.570. The lowest BCUT2D eigenvalue weighted by atomic mass is 9.81. The van der Waals surface area contributed by atoms with E-state index in [-0.39, 0.29) is 23.0 Å². The van der Waals surface area contributed by atoms with Gasteiger partial charge in [0.05, 0.1) is 18.8 Å². The fourth-order valence-corrected chi connectivity index (χ4v) is 5.31. The summed E-state index contributed by atoms with van der Waals surface area (Å²) in [4.78, 5) is 17.9. The first-order valence-electron chi connectivity index (χ1n) is 10.2. The van der Waals surface area contributed by atoms with Crippen LogP contribution in [0.15, 0.2) is 0 Å². The number of piperidine rings is 1. The van der Waals surface area contributed by atoms with Gasteiger partial charge in [-0.05, 0) is 58.4 Å². The minimum Gasteiger partial charge on any atom is -0.762 e. The van der Waals surface area contributed by atoms with E-state index < -0.39 is 6.04 Å². The number of Topliss-reactive ketones (excluding diaryl/α,β-unsaturated/α-hetero) is 1. The molecule has 1 N–H and O–H groups in total. The Kier molecular flexibility index (Phi) is 6.69. The Bertz CT molecular complexity index is 489. The summed E-state index contributed by atoms with van der Waals surface area (Å²) in [5.74, 6) is 0.622. The topological polar surface area (TPSA) is 79.3 Å². The molecule has 0 aromatic heterocycles. The molecule has 3 fully saturated rings. The number of rotatable bonds is 6. The third-order valence-electron chi connectivity index (χ3n) is 6.61. The van der Waals surface area contributed by atoms with Crippen LogP contribution in [0.2, 0.25) is 0 Å². The van der Waals surface area contributed by atoms with Crippen LogP contribution in [0, 0.1) is 17.0 Å². The average molecular weight is 368 g/mol. The van der Waals surface area contributed by atoms with Crippen molar-refractivity contribution in [1.29, 1.82) is 0 Å². The Labute approximate surface area is 156 Å². The second-order valence-electron chi connectivity index (χ2n) is 8.39. The third kappa shape index (κ3) is 4.13. The van der Waals surface area contributed by atoms with Gasteiger partial charge in [0.15, 0.2) is 0 Å². The standard InChI is InChI=1S/C19H34N3O4/c1-4-26-18-8-7-15(10-16(18)22(24)25)17(23)12-21-14(3)11-20-9-5-6-13(2)19(20)21/h13-16,18-19,24H,4-12H2,1-3H3/q-1. The van der Waals surface area contributed by atoms with Gasteiger partial charge < -0.3 is 15.2 Å². The van der Waals surface area contributed by atoms with Crippen molar-refractivity contribution in [3.8, 4) is 0 Å². The zero-order valence-corrected chi connectivity index (χ0v) is 16.3. The summed E-state index contributed by atoms with van der Waals surface area (Å²) in [5, 5.41) is 21.0. The summed E-state index contributed by atoms with van der Waals surface area (Å²) >= 11 is 0. The van der Waals surface area contributed by atoms with Gasteiger partial charge in [-0.25, -0.2) is 0 Å². The quantitative estimate of drug-likeness (QED) is 0.719. The summed E-state index contributed by atoms with van der Waals surface area (Å²) in [6.07, 6.45) is 4.31. The number of carbonyl (C=O) groups is 1. The SMILES string of the molecule is CCOC1CCC(C(=O)CN2C(C)CN3CCCC(C)C32)CC1N([O-])O. The third-order valence-corrected chi connectivity index (χ3v) is 6.61. The first-order valence-corrected chi connectivity index (χ1v) is 10.2. The van der Waals surface area contributed by atoms with Gasteiger partial charge in [0.2, 0.25) is 0 Å². The molecule has 6 atom stereocenters. The summed E-state index contributed by atoms with van der Waals surface area (Å²) in [6.45, 7) is 9.50. The van der Waals surface area contributed by atoms with E-state index in [2.05, 4.69) is 23.6 Å². The molecule has 2 heterocycles. The molecule has 0 radical (unpaired) electrons. The van der Waals surface area contributed by atoms with E-state index in [0.717, 1.165) is 19.5 Å². The molecule has 3 rings (SSSR count). The molecule has 0 amide bonds. The van der Waals surface area contributed by atoms with Crippen LogP contribution in [0.3, 0.4) is 0 Å².